The number of anilines is 1. The molecule has 0 aliphatic carbocycles. The Labute approximate surface area is 146 Å². The van der Waals surface area contributed by atoms with E-state index in [9.17, 15) is 4.79 Å². The number of thiazole rings is 1. The molecule has 1 aromatic heterocycles. The summed E-state index contributed by atoms with van der Waals surface area (Å²) in [6.45, 7) is 8.36. The van der Waals surface area contributed by atoms with Crippen LogP contribution in [0.2, 0.25) is 0 Å². The van der Waals surface area contributed by atoms with Crippen LogP contribution in [-0.2, 0) is 22.5 Å². The quantitative estimate of drug-likeness (QED) is 0.905. The molecule has 2 heterocycles. The molecule has 1 aliphatic heterocycles. The van der Waals surface area contributed by atoms with Crippen molar-refractivity contribution >= 4 is 22.9 Å². The third-order valence-corrected chi connectivity index (χ3v) is 4.94. The van der Waals surface area contributed by atoms with Gasteiger partial charge in [-0.25, -0.2) is 4.98 Å². The van der Waals surface area contributed by atoms with Crippen LogP contribution in [0.5, 0.6) is 0 Å². The fourth-order valence-corrected chi connectivity index (χ4v) is 3.60. The Morgan fingerprint density at radius 3 is 2.88 bits per heavy atom. The van der Waals surface area contributed by atoms with E-state index >= 15 is 0 Å². The summed E-state index contributed by atoms with van der Waals surface area (Å²) in [6.07, 6.45) is 0.312. The number of aromatic nitrogens is 1. The number of ether oxygens (including phenoxy) is 1. The van der Waals surface area contributed by atoms with Crippen molar-refractivity contribution in [1.82, 2.24) is 9.88 Å². The first-order valence-corrected chi connectivity index (χ1v) is 9.08. The van der Waals surface area contributed by atoms with Gasteiger partial charge >= 0.3 is 0 Å². The van der Waals surface area contributed by atoms with Crippen LogP contribution in [0.15, 0.2) is 23.6 Å². The van der Waals surface area contributed by atoms with Crippen LogP contribution in [0.3, 0.4) is 0 Å². The number of benzene rings is 1. The van der Waals surface area contributed by atoms with E-state index in [0.717, 1.165) is 54.8 Å². The fraction of sp³-hybridized carbons (Fsp3) is 0.444. The molecule has 3 rings (SSSR count). The second-order valence-electron chi connectivity index (χ2n) is 6.16. The average molecular weight is 345 g/mol. The normalized spacial score (nSPS) is 15.4. The number of aryl methyl sites for hydroxylation is 2. The molecular weight excluding hydrogens is 322 g/mol. The number of amides is 1. The zero-order chi connectivity index (χ0) is 16.9. The third kappa shape index (κ3) is 4.63. The van der Waals surface area contributed by atoms with Gasteiger partial charge in [0.15, 0.2) is 0 Å². The molecule has 2 aromatic rings. The Hall–Kier alpha value is -1.76. The molecule has 1 amide bonds. The molecule has 1 saturated heterocycles. The standard InChI is InChI=1S/C18H23N3O2S/c1-13-3-4-16(14(2)9-13)20-17(22)10-15-12-24-18(19-15)11-21-5-7-23-8-6-21/h3-4,9,12H,5-8,10-11H2,1-2H3,(H,20,22). The highest BCUT2D eigenvalue weighted by molar-refractivity contribution is 7.09. The molecule has 1 fully saturated rings. The summed E-state index contributed by atoms with van der Waals surface area (Å²) >= 11 is 1.62. The number of nitrogens with one attached hydrogen (secondary N) is 1. The third-order valence-electron chi connectivity index (χ3n) is 4.06. The minimum atomic E-state index is -0.0230. The first-order valence-electron chi connectivity index (χ1n) is 8.20. The highest BCUT2D eigenvalue weighted by atomic mass is 32.1. The summed E-state index contributed by atoms with van der Waals surface area (Å²) in [5.41, 5.74) is 3.98. The molecule has 1 aromatic carbocycles. The van der Waals surface area contributed by atoms with Gasteiger partial charge in [0, 0.05) is 24.2 Å². The number of carbonyl (C=O) groups is 1. The Morgan fingerprint density at radius 2 is 2.12 bits per heavy atom. The molecule has 0 saturated carbocycles. The van der Waals surface area contributed by atoms with Gasteiger partial charge in [0.1, 0.15) is 5.01 Å². The predicted molar refractivity (Wildman–Crippen MR) is 96.5 cm³/mol. The van der Waals surface area contributed by atoms with E-state index in [4.69, 9.17) is 4.74 Å². The molecule has 0 unspecified atom stereocenters. The van der Waals surface area contributed by atoms with Crippen LogP contribution in [0.25, 0.3) is 0 Å². The number of hydrogen-bond acceptors (Lipinski definition) is 5. The molecule has 0 atom stereocenters. The molecule has 24 heavy (non-hydrogen) atoms. The van der Waals surface area contributed by atoms with E-state index in [-0.39, 0.29) is 5.91 Å². The van der Waals surface area contributed by atoms with Crippen LogP contribution < -0.4 is 5.32 Å². The van der Waals surface area contributed by atoms with E-state index in [0.29, 0.717) is 6.42 Å². The molecule has 0 bridgehead atoms. The monoisotopic (exact) mass is 345 g/mol. The number of nitrogens with zero attached hydrogens (tertiary/aromatic N) is 2. The van der Waals surface area contributed by atoms with E-state index in [1.807, 2.05) is 31.4 Å². The zero-order valence-corrected chi connectivity index (χ0v) is 15.0. The average Bonchev–Trinajstić information content (AvgIpc) is 2.98. The Kier molecular flexibility index (Phi) is 5.60. The topological polar surface area (TPSA) is 54.5 Å². The molecular formula is C18H23N3O2S. The van der Waals surface area contributed by atoms with Gasteiger partial charge in [-0.05, 0) is 25.5 Å². The molecule has 1 aliphatic rings. The van der Waals surface area contributed by atoms with E-state index < -0.39 is 0 Å². The molecule has 1 N–H and O–H groups in total. The number of rotatable bonds is 5. The summed E-state index contributed by atoms with van der Waals surface area (Å²) in [5, 5.41) is 6.02. The molecule has 5 nitrogen and oxygen atoms in total. The van der Waals surface area contributed by atoms with Crippen molar-refractivity contribution in [2.75, 3.05) is 31.6 Å². The number of hydrogen-bond donors (Lipinski definition) is 1. The second kappa shape index (κ2) is 7.88. The van der Waals surface area contributed by atoms with Crippen molar-refractivity contribution in [1.29, 1.82) is 0 Å². The number of carbonyl (C=O) groups excluding carboxylic acids is 1. The first kappa shape index (κ1) is 17.1. The van der Waals surface area contributed by atoms with Crippen LogP contribution in [0.4, 0.5) is 5.69 Å². The van der Waals surface area contributed by atoms with Crippen LogP contribution in [0.1, 0.15) is 21.8 Å². The SMILES string of the molecule is Cc1ccc(NC(=O)Cc2csc(CN3CCOCC3)n2)c(C)c1. The lowest BCUT2D eigenvalue weighted by Gasteiger charge is -2.25. The summed E-state index contributed by atoms with van der Waals surface area (Å²) in [5.74, 6) is -0.0230. The van der Waals surface area contributed by atoms with Gasteiger partial charge in [0.25, 0.3) is 0 Å². The zero-order valence-electron chi connectivity index (χ0n) is 14.2. The van der Waals surface area contributed by atoms with Crippen molar-refractivity contribution in [3.63, 3.8) is 0 Å². The smallest absolute Gasteiger partial charge is 0.230 e. The Balaban J connectivity index is 1.54. The highest BCUT2D eigenvalue weighted by Gasteiger charge is 2.14. The summed E-state index contributed by atoms with van der Waals surface area (Å²) in [6, 6.07) is 6.03. The maximum absolute atomic E-state index is 12.2. The van der Waals surface area contributed by atoms with E-state index in [1.165, 1.54) is 5.56 Å². The largest absolute Gasteiger partial charge is 0.379 e. The van der Waals surface area contributed by atoms with Crippen LogP contribution in [-0.4, -0.2) is 42.1 Å². The summed E-state index contributed by atoms with van der Waals surface area (Å²) in [7, 11) is 0. The van der Waals surface area contributed by atoms with Crippen LogP contribution in [0, 0.1) is 13.8 Å². The second-order valence-corrected chi connectivity index (χ2v) is 7.11. The number of morpholine rings is 1. The maximum atomic E-state index is 12.2. The minimum Gasteiger partial charge on any atom is -0.379 e. The van der Waals surface area contributed by atoms with Gasteiger partial charge in [-0.3, -0.25) is 9.69 Å². The van der Waals surface area contributed by atoms with Gasteiger partial charge in [0.05, 0.1) is 31.9 Å². The van der Waals surface area contributed by atoms with Crippen molar-refractivity contribution in [2.45, 2.75) is 26.8 Å². The molecule has 0 spiro atoms. The van der Waals surface area contributed by atoms with E-state index in [2.05, 4.69) is 21.3 Å². The van der Waals surface area contributed by atoms with Gasteiger partial charge in [-0.2, -0.15) is 0 Å². The van der Waals surface area contributed by atoms with Gasteiger partial charge < -0.3 is 10.1 Å². The molecule has 0 radical (unpaired) electrons. The van der Waals surface area contributed by atoms with Crippen molar-refractivity contribution in [3.8, 4) is 0 Å². The molecule has 128 valence electrons. The lowest BCUT2D eigenvalue weighted by molar-refractivity contribution is -0.115. The van der Waals surface area contributed by atoms with Crippen molar-refractivity contribution < 1.29 is 9.53 Å². The highest BCUT2D eigenvalue weighted by Crippen LogP contribution is 2.17. The van der Waals surface area contributed by atoms with Crippen molar-refractivity contribution in [3.05, 3.63) is 45.4 Å². The first-order chi connectivity index (χ1) is 11.6. The van der Waals surface area contributed by atoms with Crippen molar-refractivity contribution in [2.24, 2.45) is 0 Å². The van der Waals surface area contributed by atoms with Gasteiger partial charge in [-0.1, -0.05) is 17.7 Å². The summed E-state index contributed by atoms with van der Waals surface area (Å²) < 4.78 is 5.36. The Bertz CT molecular complexity index is 708. The lowest BCUT2D eigenvalue weighted by atomic mass is 10.1. The maximum Gasteiger partial charge on any atom is 0.230 e. The lowest BCUT2D eigenvalue weighted by Crippen LogP contribution is -2.35. The molecule has 6 heteroatoms. The van der Waals surface area contributed by atoms with Gasteiger partial charge in [-0.15, -0.1) is 11.3 Å². The Morgan fingerprint density at radius 1 is 1.33 bits per heavy atom. The van der Waals surface area contributed by atoms with Gasteiger partial charge in [0.2, 0.25) is 5.91 Å². The minimum absolute atomic E-state index is 0.0230. The van der Waals surface area contributed by atoms with Crippen LogP contribution >= 0.6 is 11.3 Å². The fourth-order valence-electron chi connectivity index (χ4n) is 2.77. The predicted octanol–water partition coefficient (Wildman–Crippen LogP) is 2.77. The van der Waals surface area contributed by atoms with E-state index in [1.54, 1.807) is 11.3 Å². The summed E-state index contributed by atoms with van der Waals surface area (Å²) in [4.78, 5) is 19.2.